The van der Waals surface area contributed by atoms with Crippen molar-refractivity contribution in [2.75, 3.05) is 18.4 Å². The number of aromatic nitrogens is 3. The largest absolute Gasteiger partial charge is 0.420 e. The number of amides is 2. The van der Waals surface area contributed by atoms with Crippen molar-refractivity contribution < 1.29 is 18.4 Å². The number of likely N-dealkylation sites (tertiary alicyclic amines) is 1. The Morgan fingerprint density at radius 3 is 2.75 bits per heavy atom. The second-order valence-corrected chi connectivity index (χ2v) is 7.79. The molecule has 32 heavy (non-hydrogen) atoms. The van der Waals surface area contributed by atoms with Gasteiger partial charge in [0.15, 0.2) is 11.3 Å². The number of hydrogen-bond donors (Lipinski definition) is 2. The molecule has 0 spiro atoms. The molecule has 2 aromatic heterocycles. The number of oxazole rings is 1. The molecule has 1 aliphatic rings. The summed E-state index contributed by atoms with van der Waals surface area (Å²) in [5, 5.41) is 9.74. The summed E-state index contributed by atoms with van der Waals surface area (Å²) in [6, 6.07) is 8.71. The van der Waals surface area contributed by atoms with Crippen molar-refractivity contribution in [2.45, 2.75) is 25.8 Å². The molecule has 0 radical (unpaired) electrons. The van der Waals surface area contributed by atoms with Crippen molar-refractivity contribution in [3.8, 4) is 0 Å². The second-order valence-electron chi connectivity index (χ2n) is 7.79. The fraction of sp³-hybridized carbons (Fsp3) is 0.273. The number of nitrogens with one attached hydrogen (secondary N) is 2. The predicted molar refractivity (Wildman–Crippen MR) is 115 cm³/mol. The molecule has 0 unspecified atom stereocenters. The number of nitrogens with zero attached hydrogens (tertiary/aromatic N) is 3. The molecule has 1 fully saturated rings. The van der Waals surface area contributed by atoms with E-state index in [4.69, 9.17) is 4.42 Å². The van der Waals surface area contributed by atoms with E-state index in [1.54, 1.807) is 23.1 Å². The number of anilines is 1. The summed E-state index contributed by atoms with van der Waals surface area (Å²) in [7, 11) is 0. The topological polar surface area (TPSA) is 113 Å². The Balaban J connectivity index is 1.42. The highest BCUT2D eigenvalue weighted by Crippen LogP contribution is 2.22. The maximum atomic E-state index is 13.6. The van der Waals surface area contributed by atoms with E-state index in [9.17, 15) is 18.8 Å². The minimum atomic E-state index is -0.636. The molecule has 9 nitrogen and oxygen atoms in total. The Labute approximate surface area is 180 Å². The molecule has 2 amide bonds. The van der Waals surface area contributed by atoms with Crippen LogP contribution in [0, 0.1) is 5.82 Å². The summed E-state index contributed by atoms with van der Waals surface area (Å²) >= 11 is 0. The smallest absolute Gasteiger partial charge is 0.408 e. The number of piperidine rings is 1. The van der Waals surface area contributed by atoms with Gasteiger partial charge >= 0.3 is 5.76 Å². The zero-order valence-electron chi connectivity index (χ0n) is 17.1. The molecule has 164 valence electrons. The molecule has 0 atom stereocenters. The van der Waals surface area contributed by atoms with E-state index in [0.717, 1.165) is 19.3 Å². The van der Waals surface area contributed by atoms with E-state index in [1.165, 1.54) is 22.8 Å². The van der Waals surface area contributed by atoms with Gasteiger partial charge < -0.3 is 14.6 Å². The van der Waals surface area contributed by atoms with Crippen LogP contribution in [0.5, 0.6) is 0 Å². The number of halogens is 1. The highest BCUT2D eigenvalue weighted by atomic mass is 19.1. The van der Waals surface area contributed by atoms with Gasteiger partial charge in [-0.3, -0.25) is 19.3 Å². The number of benzene rings is 2. The van der Waals surface area contributed by atoms with Crippen LogP contribution in [0.2, 0.25) is 0 Å². The minimum absolute atomic E-state index is 0.0458. The van der Waals surface area contributed by atoms with Crippen LogP contribution in [0.1, 0.15) is 29.8 Å². The van der Waals surface area contributed by atoms with Crippen LogP contribution in [-0.4, -0.2) is 44.6 Å². The fourth-order valence-electron chi connectivity index (χ4n) is 4.02. The van der Waals surface area contributed by atoms with Gasteiger partial charge in [-0.05, 0) is 55.7 Å². The van der Waals surface area contributed by atoms with E-state index < -0.39 is 17.5 Å². The Morgan fingerprint density at radius 2 is 1.94 bits per heavy atom. The lowest BCUT2D eigenvalue weighted by molar-refractivity contribution is -0.132. The van der Waals surface area contributed by atoms with Crippen molar-refractivity contribution in [1.29, 1.82) is 0 Å². The van der Waals surface area contributed by atoms with Gasteiger partial charge in [0.25, 0.3) is 5.91 Å². The van der Waals surface area contributed by atoms with Crippen LogP contribution in [0.4, 0.5) is 10.1 Å². The lowest BCUT2D eigenvalue weighted by Crippen LogP contribution is -2.39. The molecule has 0 aliphatic carbocycles. The summed E-state index contributed by atoms with van der Waals surface area (Å²) in [6.45, 7) is 1.23. The summed E-state index contributed by atoms with van der Waals surface area (Å²) in [5.74, 6) is -1.80. The number of aromatic amines is 1. The monoisotopic (exact) mass is 437 g/mol. The Kier molecular flexibility index (Phi) is 4.96. The number of hydrogen-bond acceptors (Lipinski definition) is 5. The number of rotatable bonds is 4. The van der Waals surface area contributed by atoms with Gasteiger partial charge in [0.1, 0.15) is 12.4 Å². The molecule has 10 heteroatoms. The van der Waals surface area contributed by atoms with Crippen LogP contribution >= 0.6 is 0 Å². The molecule has 0 saturated carbocycles. The Bertz CT molecular complexity index is 1400. The highest BCUT2D eigenvalue weighted by molar-refractivity contribution is 6.11. The van der Waals surface area contributed by atoms with Crippen LogP contribution in [0.3, 0.4) is 0 Å². The first-order valence-corrected chi connectivity index (χ1v) is 10.4. The summed E-state index contributed by atoms with van der Waals surface area (Å²) in [5.41, 5.74) is 1.68. The third kappa shape index (κ3) is 3.64. The third-order valence-electron chi connectivity index (χ3n) is 5.67. The number of fused-ring (bicyclic) bond motifs is 2. The van der Waals surface area contributed by atoms with Gasteiger partial charge in [0.05, 0.1) is 11.0 Å². The predicted octanol–water partition coefficient (Wildman–Crippen LogP) is 2.87. The zero-order chi connectivity index (χ0) is 22.2. The average molecular weight is 437 g/mol. The number of carbonyl (C=O) groups excluding carboxylic acids is 2. The first-order valence-electron chi connectivity index (χ1n) is 10.4. The van der Waals surface area contributed by atoms with Crippen molar-refractivity contribution in [3.63, 3.8) is 0 Å². The maximum absolute atomic E-state index is 13.6. The first kappa shape index (κ1) is 20.0. The van der Waals surface area contributed by atoms with Crippen molar-refractivity contribution in [3.05, 3.63) is 58.5 Å². The molecule has 4 aromatic rings. The highest BCUT2D eigenvalue weighted by Gasteiger charge is 2.21. The standard InChI is InChI=1S/C22H20FN5O4/c23-13-4-6-16-15(10-13)20(26-25-16)21(30)24-14-5-7-18-17(11-14)28(22(31)32-18)12-19(29)27-8-2-1-3-9-27/h4-7,10-11H,1-3,8-9,12H2,(H,24,30)(H,25,26). The molecular weight excluding hydrogens is 417 g/mol. The molecular formula is C22H20FN5O4. The van der Waals surface area contributed by atoms with E-state index in [0.29, 0.717) is 40.8 Å². The fourth-order valence-corrected chi connectivity index (χ4v) is 4.02. The molecule has 2 aromatic carbocycles. The number of H-pyrrole nitrogens is 1. The third-order valence-corrected chi connectivity index (χ3v) is 5.67. The zero-order valence-corrected chi connectivity index (χ0v) is 17.1. The van der Waals surface area contributed by atoms with Gasteiger partial charge in [0.2, 0.25) is 5.91 Å². The molecule has 2 N–H and O–H groups in total. The SMILES string of the molecule is O=C(Nc1ccc2oc(=O)n(CC(=O)N3CCCCC3)c2c1)c1n[nH]c2ccc(F)cc12. The van der Waals surface area contributed by atoms with Crippen LogP contribution in [0.15, 0.2) is 45.6 Å². The van der Waals surface area contributed by atoms with Gasteiger partial charge in [-0.2, -0.15) is 5.10 Å². The minimum Gasteiger partial charge on any atom is -0.408 e. The van der Waals surface area contributed by atoms with Crippen LogP contribution < -0.4 is 11.1 Å². The van der Waals surface area contributed by atoms with Gasteiger partial charge in [-0.25, -0.2) is 9.18 Å². The molecule has 0 bridgehead atoms. The molecule has 5 rings (SSSR count). The molecule has 1 aliphatic heterocycles. The summed E-state index contributed by atoms with van der Waals surface area (Å²) in [4.78, 5) is 39.5. The van der Waals surface area contributed by atoms with Gasteiger partial charge in [-0.15, -0.1) is 0 Å². The average Bonchev–Trinajstić information content (AvgIpc) is 3.35. The molecule has 1 saturated heterocycles. The normalized spacial score (nSPS) is 14.2. The maximum Gasteiger partial charge on any atom is 0.420 e. The quantitative estimate of drug-likeness (QED) is 0.510. The Morgan fingerprint density at radius 1 is 1.12 bits per heavy atom. The summed E-state index contributed by atoms with van der Waals surface area (Å²) in [6.07, 6.45) is 3.00. The number of carbonyl (C=O) groups is 2. The van der Waals surface area contributed by atoms with Gasteiger partial charge in [-0.1, -0.05) is 0 Å². The second kappa shape index (κ2) is 7.95. The van der Waals surface area contributed by atoms with Crippen LogP contribution in [0.25, 0.3) is 22.0 Å². The van der Waals surface area contributed by atoms with E-state index in [1.807, 2.05) is 0 Å². The lowest BCUT2D eigenvalue weighted by atomic mass is 10.1. The van der Waals surface area contributed by atoms with Crippen molar-refractivity contribution in [2.24, 2.45) is 0 Å². The van der Waals surface area contributed by atoms with Crippen molar-refractivity contribution in [1.82, 2.24) is 19.7 Å². The van der Waals surface area contributed by atoms with E-state index >= 15 is 0 Å². The summed E-state index contributed by atoms with van der Waals surface area (Å²) < 4.78 is 20.1. The first-order chi connectivity index (χ1) is 15.5. The van der Waals surface area contributed by atoms with Crippen molar-refractivity contribution >= 4 is 39.5 Å². The Hall–Kier alpha value is -3.95. The van der Waals surface area contributed by atoms with Gasteiger partial charge in [0, 0.05) is 24.2 Å². The lowest BCUT2D eigenvalue weighted by Gasteiger charge is -2.26. The van der Waals surface area contributed by atoms with E-state index in [-0.39, 0.29) is 18.1 Å². The molecule has 3 heterocycles. The van der Waals surface area contributed by atoms with Crippen LogP contribution in [-0.2, 0) is 11.3 Å². The van der Waals surface area contributed by atoms with E-state index in [2.05, 4.69) is 15.5 Å².